The zero-order valence-electron chi connectivity index (χ0n) is 12.7. The summed E-state index contributed by atoms with van der Waals surface area (Å²) in [4.78, 5) is 17.2. The van der Waals surface area contributed by atoms with Crippen LogP contribution in [0.25, 0.3) is 0 Å². The van der Waals surface area contributed by atoms with Crippen LogP contribution in [0.15, 0.2) is 0 Å². The fourth-order valence-corrected chi connectivity index (χ4v) is 3.01. The van der Waals surface area contributed by atoms with Crippen LogP contribution in [-0.2, 0) is 0 Å². The topological polar surface area (TPSA) is 80.4 Å². The van der Waals surface area contributed by atoms with E-state index in [-0.39, 0.29) is 5.95 Å². The molecular formula is C14H24N6O. The fraction of sp³-hybridized carbons (Fsp3) is 0.786. The summed E-state index contributed by atoms with van der Waals surface area (Å²) in [6, 6.07) is 0.787. The molecule has 0 amide bonds. The van der Waals surface area contributed by atoms with Crippen LogP contribution >= 0.6 is 0 Å². The van der Waals surface area contributed by atoms with Crippen LogP contribution in [0.1, 0.15) is 32.1 Å². The van der Waals surface area contributed by atoms with Gasteiger partial charge in [0, 0.05) is 19.1 Å². The van der Waals surface area contributed by atoms with Gasteiger partial charge in [-0.3, -0.25) is 0 Å². The third-order valence-electron chi connectivity index (χ3n) is 4.34. The number of hydrogen-bond donors (Lipinski definition) is 1. The van der Waals surface area contributed by atoms with Crippen molar-refractivity contribution >= 4 is 11.9 Å². The molecule has 1 aromatic rings. The summed E-state index contributed by atoms with van der Waals surface area (Å²) in [5, 5.41) is 0. The van der Waals surface area contributed by atoms with E-state index < -0.39 is 0 Å². The highest BCUT2D eigenvalue weighted by Crippen LogP contribution is 2.20. The van der Waals surface area contributed by atoms with E-state index in [0.29, 0.717) is 24.6 Å². The first-order valence-corrected chi connectivity index (χ1v) is 7.82. The minimum absolute atomic E-state index is 0.235. The smallest absolute Gasteiger partial charge is 0.323 e. The largest absolute Gasteiger partial charge is 0.462 e. The zero-order valence-corrected chi connectivity index (χ0v) is 12.7. The van der Waals surface area contributed by atoms with Gasteiger partial charge < -0.3 is 20.3 Å². The number of likely N-dealkylation sites (tertiary alicyclic amines) is 1. The predicted molar refractivity (Wildman–Crippen MR) is 81.5 cm³/mol. The summed E-state index contributed by atoms with van der Waals surface area (Å²) >= 11 is 0. The molecule has 21 heavy (non-hydrogen) atoms. The third-order valence-corrected chi connectivity index (χ3v) is 4.34. The molecule has 0 bridgehead atoms. The van der Waals surface area contributed by atoms with Crippen molar-refractivity contribution in [2.45, 2.75) is 38.1 Å². The SMILES string of the molecule is CN1CCCCC1COc1nc(N)nc(N2CCCC2)n1. The van der Waals surface area contributed by atoms with Gasteiger partial charge in [0.1, 0.15) is 6.61 Å². The molecule has 7 heteroatoms. The molecule has 1 aromatic heterocycles. The summed E-state index contributed by atoms with van der Waals surface area (Å²) in [7, 11) is 2.14. The van der Waals surface area contributed by atoms with Gasteiger partial charge in [-0.15, -0.1) is 0 Å². The molecule has 2 N–H and O–H groups in total. The molecule has 7 nitrogen and oxygen atoms in total. The second kappa shape index (κ2) is 6.43. The van der Waals surface area contributed by atoms with Crippen LogP contribution in [-0.4, -0.2) is 59.2 Å². The lowest BCUT2D eigenvalue weighted by Gasteiger charge is -2.31. The van der Waals surface area contributed by atoms with Gasteiger partial charge >= 0.3 is 6.01 Å². The van der Waals surface area contributed by atoms with Crippen molar-refractivity contribution in [2.75, 3.05) is 43.9 Å². The van der Waals surface area contributed by atoms with Gasteiger partial charge in [0.2, 0.25) is 11.9 Å². The van der Waals surface area contributed by atoms with Crippen LogP contribution in [0.5, 0.6) is 6.01 Å². The molecule has 0 saturated carbocycles. The van der Waals surface area contributed by atoms with Crippen LogP contribution < -0.4 is 15.4 Å². The Morgan fingerprint density at radius 3 is 2.62 bits per heavy atom. The number of nitrogen functional groups attached to an aromatic ring is 1. The Morgan fingerprint density at radius 2 is 1.86 bits per heavy atom. The Hall–Kier alpha value is -1.63. The maximum absolute atomic E-state index is 5.79. The van der Waals surface area contributed by atoms with Crippen molar-refractivity contribution in [3.63, 3.8) is 0 Å². The molecule has 116 valence electrons. The monoisotopic (exact) mass is 292 g/mol. The van der Waals surface area contributed by atoms with Gasteiger partial charge in [0.25, 0.3) is 0 Å². The van der Waals surface area contributed by atoms with Gasteiger partial charge in [0.05, 0.1) is 0 Å². The lowest BCUT2D eigenvalue weighted by molar-refractivity contribution is 0.120. The quantitative estimate of drug-likeness (QED) is 0.883. The van der Waals surface area contributed by atoms with E-state index in [0.717, 1.165) is 26.1 Å². The number of anilines is 2. The maximum atomic E-state index is 5.79. The van der Waals surface area contributed by atoms with Crippen LogP contribution in [0.2, 0.25) is 0 Å². The standard InChI is InChI=1S/C14H24N6O/c1-19-7-3-2-6-11(19)10-21-14-17-12(15)16-13(18-14)20-8-4-5-9-20/h11H,2-10H2,1H3,(H2,15,16,17,18). The third kappa shape index (κ3) is 3.53. The summed E-state index contributed by atoms with van der Waals surface area (Å²) in [5.74, 6) is 0.880. The molecule has 1 unspecified atom stereocenters. The van der Waals surface area contributed by atoms with E-state index in [4.69, 9.17) is 10.5 Å². The van der Waals surface area contributed by atoms with Gasteiger partial charge in [-0.25, -0.2) is 0 Å². The Labute approximate surface area is 125 Å². The highest BCUT2D eigenvalue weighted by molar-refractivity contribution is 5.36. The van der Waals surface area contributed by atoms with Crippen molar-refractivity contribution in [3.8, 4) is 6.01 Å². The number of rotatable bonds is 4. The van der Waals surface area contributed by atoms with Gasteiger partial charge in [-0.1, -0.05) is 6.42 Å². The lowest BCUT2D eigenvalue weighted by atomic mass is 10.0. The minimum atomic E-state index is 0.235. The van der Waals surface area contributed by atoms with Gasteiger partial charge in [0.15, 0.2) is 0 Å². The first-order chi connectivity index (χ1) is 10.2. The molecule has 2 fully saturated rings. The number of piperidine rings is 1. The van der Waals surface area contributed by atoms with Gasteiger partial charge in [-0.2, -0.15) is 15.0 Å². The average Bonchev–Trinajstić information content (AvgIpc) is 3.00. The van der Waals surface area contributed by atoms with Crippen molar-refractivity contribution in [2.24, 2.45) is 0 Å². The molecule has 3 heterocycles. The predicted octanol–water partition coefficient (Wildman–Crippen LogP) is 0.917. The Kier molecular flexibility index (Phi) is 4.38. The first-order valence-electron chi connectivity index (χ1n) is 7.82. The molecule has 2 aliphatic rings. The molecule has 0 radical (unpaired) electrons. The number of aromatic nitrogens is 3. The molecule has 3 rings (SSSR count). The minimum Gasteiger partial charge on any atom is -0.462 e. The summed E-state index contributed by atoms with van der Waals surface area (Å²) in [6.07, 6.45) is 6.04. The van der Waals surface area contributed by atoms with Crippen LogP contribution in [0.4, 0.5) is 11.9 Å². The molecule has 2 aliphatic heterocycles. The van der Waals surface area contributed by atoms with Crippen molar-refractivity contribution in [1.29, 1.82) is 0 Å². The highest BCUT2D eigenvalue weighted by Gasteiger charge is 2.21. The second-order valence-electron chi connectivity index (χ2n) is 5.91. The van der Waals surface area contributed by atoms with Crippen molar-refractivity contribution in [1.82, 2.24) is 19.9 Å². The van der Waals surface area contributed by atoms with E-state index in [1.165, 1.54) is 25.7 Å². The van der Waals surface area contributed by atoms with Crippen LogP contribution in [0, 0.1) is 0 Å². The molecule has 1 atom stereocenters. The van der Waals surface area contributed by atoms with Crippen molar-refractivity contribution < 1.29 is 4.74 Å². The highest BCUT2D eigenvalue weighted by atomic mass is 16.5. The van der Waals surface area contributed by atoms with Crippen molar-refractivity contribution in [3.05, 3.63) is 0 Å². The number of nitrogens with zero attached hydrogens (tertiary/aromatic N) is 5. The maximum Gasteiger partial charge on any atom is 0.323 e. The number of nitrogens with two attached hydrogens (primary N) is 1. The molecule has 2 saturated heterocycles. The summed E-state index contributed by atoms with van der Waals surface area (Å²) < 4.78 is 5.79. The first kappa shape index (κ1) is 14.3. The lowest BCUT2D eigenvalue weighted by Crippen LogP contribution is -2.40. The second-order valence-corrected chi connectivity index (χ2v) is 5.91. The Morgan fingerprint density at radius 1 is 1.10 bits per heavy atom. The van der Waals surface area contributed by atoms with E-state index in [2.05, 4.69) is 31.8 Å². The number of ether oxygens (including phenoxy) is 1. The van der Waals surface area contributed by atoms with E-state index in [9.17, 15) is 0 Å². The molecule has 0 spiro atoms. The summed E-state index contributed by atoms with van der Waals surface area (Å²) in [6.45, 7) is 3.70. The molecular weight excluding hydrogens is 268 g/mol. The van der Waals surface area contributed by atoms with Gasteiger partial charge in [-0.05, 0) is 39.3 Å². The van der Waals surface area contributed by atoms with E-state index in [1.807, 2.05) is 0 Å². The molecule has 0 aliphatic carbocycles. The Bertz CT molecular complexity index is 477. The van der Waals surface area contributed by atoms with E-state index in [1.54, 1.807) is 0 Å². The van der Waals surface area contributed by atoms with E-state index >= 15 is 0 Å². The fourth-order valence-electron chi connectivity index (χ4n) is 3.01. The summed E-state index contributed by atoms with van der Waals surface area (Å²) in [5.41, 5.74) is 5.78. The number of hydrogen-bond acceptors (Lipinski definition) is 7. The number of likely N-dealkylation sites (N-methyl/N-ethyl adjacent to an activating group) is 1. The Balaban J connectivity index is 1.64. The molecule has 0 aromatic carbocycles. The average molecular weight is 292 g/mol. The zero-order chi connectivity index (χ0) is 14.7. The normalized spacial score (nSPS) is 23.5. The van der Waals surface area contributed by atoms with Crippen LogP contribution in [0.3, 0.4) is 0 Å².